The number of hydrogen-bond donors (Lipinski definition) is 2. The van der Waals surface area contributed by atoms with Crippen molar-refractivity contribution in [3.8, 4) is 11.5 Å². The van der Waals surface area contributed by atoms with Crippen molar-refractivity contribution >= 4 is 10.0 Å². The van der Waals surface area contributed by atoms with Crippen LogP contribution in [0.5, 0.6) is 11.5 Å². The summed E-state index contributed by atoms with van der Waals surface area (Å²) >= 11 is 0. The standard InChI is InChI=1S/C12H16FNO5S/c1-18-9-5-8(13)11(6-10(9)19-2)20(16,17)14-12(7-15)3-4-12/h5-6,14-15H,3-4,7H2,1-2H3. The predicted molar refractivity (Wildman–Crippen MR) is 68.9 cm³/mol. The molecule has 2 N–H and O–H groups in total. The van der Waals surface area contributed by atoms with Crippen LogP contribution in [0.3, 0.4) is 0 Å². The number of methoxy groups -OCH3 is 2. The fourth-order valence-corrected chi connectivity index (χ4v) is 3.35. The lowest BCUT2D eigenvalue weighted by Gasteiger charge is -2.16. The van der Waals surface area contributed by atoms with Gasteiger partial charge in [0.1, 0.15) is 10.7 Å². The van der Waals surface area contributed by atoms with Gasteiger partial charge in [0.2, 0.25) is 10.0 Å². The molecule has 0 radical (unpaired) electrons. The summed E-state index contributed by atoms with van der Waals surface area (Å²) in [6, 6.07) is 2.01. The minimum atomic E-state index is -4.08. The van der Waals surface area contributed by atoms with E-state index in [-0.39, 0.29) is 18.1 Å². The summed E-state index contributed by atoms with van der Waals surface area (Å²) in [7, 11) is -1.42. The zero-order valence-electron chi connectivity index (χ0n) is 11.1. The van der Waals surface area contributed by atoms with Crippen LogP contribution in [-0.4, -0.2) is 39.9 Å². The lowest BCUT2D eigenvalue weighted by Crippen LogP contribution is -2.39. The number of ether oxygens (including phenoxy) is 2. The number of halogens is 1. The first-order valence-corrected chi connectivity index (χ1v) is 7.42. The number of sulfonamides is 1. The average molecular weight is 305 g/mol. The van der Waals surface area contributed by atoms with Gasteiger partial charge in [-0.2, -0.15) is 0 Å². The maximum absolute atomic E-state index is 13.9. The average Bonchev–Trinajstić information content (AvgIpc) is 3.17. The number of aliphatic hydroxyl groups is 1. The molecule has 1 saturated carbocycles. The zero-order valence-corrected chi connectivity index (χ0v) is 12.0. The van der Waals surface area contributed by atoms with E-state index in [0.29, 0.717) is 12.8 Å². The summed E-state index contributed by atoms with van der Waals surface area (Å²) in [5.74, 6) is -0.723. The van der Waals surface area contributed by atoms with E-state index in [9.17, 15) is 12.8 Å². The van der Waals surface area contributed by atoms with Crippen molar-refractivity contribution < 1.29 is 27.4 Å². The van der Waals surface area contributed by atoms with E-state index in [1.165, 1.54) is 14.2 Å². The van der Waals surface area contributed by atoms with Gasteiger partial charge in [-0.05, 0) is 12.8 Å². The van der Waals surface area contributed by atoms with E-state index in [1.54, 1.807) is 0 Å². The lowest BCUT2D eigenvalue weighted by molar-refractivity contribution is 0.246. The van der Waals surface area contributed by atoms with E-state index in [4.69, 9.17) is 14.6 Å². The number of aliphatic hydroxyl groups excluding tert-OH is 1. The van der Waals surface area contributed by atoms with Crippen LogP contribution in [0.4, 0.5) is 4.39 Å². The van der Waals surface area contributed by atoms with Crippen molar-refractivity contribution in [3.05, 3.63) is 17.9 Å². The van der Waals surface area contributed by atoms with Gasteiger partial charge < -0.3 is 14.6 Å². The third-order valence-corrected chi connectivity index (χ3v) is 4.83. The van der Waals surface area contributed by atoms with Crippen molar-refractivity contribution in [3.63, 3.8) is 0 Å². The molecule has 6 nitrogen and oxygen atoms in total. The maximum Gasteiger partial charge on any atom is 0.244 e. The Labute approximate surface area is 116 Å². The monoisotopic (exact) mass is 305 g/mol. The molecule has 112 valence electrons. The maximum atomic E-state index is 13.9. The van der Waals surface area contributed by atoms with Gasteiger partial charge in [-0.25, -0.2) is 17.5 Å². The van der Waals surface area contributed by atoms with Crippen LogP contribution in [0.15, 0.2) is 17.0 Å². The lowest BCUT2D eigenvalue weighted by atomic mass is 10.3. The second kappa shape index (κ2) is 5.19. The Morgan fingerprint density at radius 2 is 1.85 bits per heavy atom. The molecule has 2 rings (SSSR count). The normalized spacial score (nSPS) is 16.8. The van der Waals surface area contributed by atoms with Crippen LogP contribution in [0.25, 0.3) is 0 Å². The van der Waals surface area contributed by atoms with Crippen LogP contribution >= 0.6 is 0 Å². The molecule has 0 heterocycles. The minimum Gasteiger partial charge on any atom is -0.493 e. The Bertz CT molecular complexity index is 613. The second-order valence-electron chi connectivity index (χ2n) is 4.68. The predicted octanol–water partition coefficient (Wildman–Crippen LogP) is 0.646. The molecule has 0 amide bonds. The highest BCUT2D eigenvalue weighted by molar-refractivity contribution is 7.89. The highest BCUT2D eigenvalue weighted by Gasteiger charge is 2.46. The van der Waals surface area contributed by atoms with Gasteiger partial charge in [-0.1, -0.05) is 0 Å². The van der Waals surface area contributed by atoms with Crippen molar-refractivity contribution in [2.24, 2.45) is 0 Å². The molecule has 1 aliphatic carbocycles. The number of rotatable bonds is 6. The molecule has 20 heavy (non-hydrogen) atoms. The molecule has 0 bridgehead atoms. The number of nitrogens with one attached hydrogen (secondary N) is 1. The molecule has 0 saturated heterocycles. The summed E-state index contributed by atoms with van der Waals surface area (Å²) in [5, 5.41) is 9.15. The van der Waals surface area contributed by atoms with Gasteiger partial charge in [0.05, 0.1) is 26.4 Å². The van der Waals surface area contributed by atoms with Crippen molar-refractivity contribution in [1.82, 2.24) is 4.72 Å². The Kier molecular flexibility index (Phi) is 3.90. The molecule has 8 heteroatoms. The van der Waals surface area contributed by atoms with Gasteiger partial charge in [0.15, 0.2) is 11.5 Å². The first kappa shape index (κ1) is 15.0. The number of benzene rings is 1. The zero-order chi connectivity index (χ0) is 15.0. The molecule has 1 fully saturated rings. The molecule has 1 aromatic rings. The topological polar surface area (TPSA) is 84.9 Å². The molecule has 0 atom stereocenters. The third kappa shape index (κ3) is 2.72. The Hall–Kier alpha value is -1.38. The summed E-state index contributed by atoms with van der Waals surface area (Å²) in [6.07, 6.45) is 1.05. The second-order valence-corrected chi connectivity index (χ2v) is 6.33. The van der Waals surface area contributed by atoms with E-state index < -0.39 is 26.3 Å². The smallest absolute Gasteiger partial charge is 0.244 e. The first-order valence-electron chi connectivity index (χ1n) is 5.94. The van der Waals surface area contributed by atoms with Gasteiger partial charge in [-0.15, -0.1) is 0 Å². The fraction of sp³-hybridized carbons (Fsp3) is 0.500. The molecule has 0 aromatic heterocycles. The molecule has 0 unspecified atom stereocenters. The van der Waals surface area contributed by atoms with Crippen LogP contribution in [0.1, 0.15) is 12.8 Å². The van der Waals surface area contributed by atoms with E-state index >= 15 is 0 Å². The summed E-state index contributed by atoms with van der Waals surface area (Å²) in [6.45, 7) is -0.318. The quantitative estimate of drug-likeness (QED) is 0.806. The Morgan fingerprint density at radius 3 is 2.30 bits per heavy atom. The molecule has 0 aliphatic heterocycles. The molecule has 1 aromatic carbocycles. The summed E-state index contributed by atoms with van der Waals surface area (Å²) in [4.78, 5) is -0.533. The van der Waals surface area contributed by atoms with Gasteiger partial charge in [-0.3, -0.25) is 0 Å². The van der Waals surface area contributed by atoms with Gasteiger partial charge >= 0.3 is 0 Å². The van der Waals surface area contributed by atoms with E-state index in [1.807, 2.05) is 0 Å². The fourth-order valence-electron chi connectivity index (χ4n) is 1.82. The van der Waals surface area contributed by atoms with Crippen molar-refractivity contribution in [2.75, 3.05) is 20.8 Å². The summed E-state index contributed by atoms with van der Waals surface area (Å²) < 4.78 is 50.5. The Morgan fingerprint density at radius 1 is 1.30 bits per heavy atom. The molecular formula is C12H16FNO5S. The van der Waals surface area contributed by atoms with Crippen molar-refractivity contribution in [2.45, 2.75) is 23.3 Å². The van der Waals surface area contributed by atoms with Crippen molar-refractivity contribution in [1.29, 1.82) is 0 Å². The van der Waals surface area contributed by atoms with Crippen LogP contribution in [-0.2, 0) is 10.0 Å². The first-order chi connectivity index (χ1) is 9.37. The Balaban J connectivity index is 2.41. The van der Waals surface area contributed by atoms with Gasteiger partial charge in [0, 0.05) is 12.1 Å². The van der Waals surface area contributed by atoms with Crippen LogP contribution < -0.4 is 14.2 Å². The summed E-state index contributed by atoms with van der Waals surface area (Å²) in [5.41, 5.74) is -0.863. The molecular weight excluding hydrogens is 289 g/mol. The SMILES string of the molecule is COc1cc(F)c(S(=O)(=O)NC2(CO)CC2)cc1OC. The van der Waals surface area contributed by atoms with Crippen LogP contribution in [0, 0.1) is 5.82 Å². The van der Waals surface area contributed by atoms with E-state index in [2.05, 4.69) is 4.72 Å². The highest BCUT2D eigenvalue weighted by atomic mass is 32.2. The third-order valence-electron chi connectivity index (χ3n) is 3.23. The number of hydrogen-bond acceptors (Lipinski definition) is 5. The van der Waals surface area contributed by atoms with Gasteiger partial charge in [0.25, 0.3) is 0 Å². The van der Waals surface area contributed by atoms with E-state index in [0.717, 1.165) is 12.1 Å². The largest absolute Gasteiger partial charge is 0.493 e. The van der Waals surface area contributed by atoms with Crippen LogP contribution in [0.2, 0.25) is 0 Å². The minimum absolute atomic E-state index is 0.104. The molecule has 1 aliphatic rings. The highest BCUT2D eigenvalue weighted by Crippen LogP contribution is 2.38. The molecule has 0 spiro atoms.